The van der Waals surface area contributed by atoms with Crippen molar-refractivity contribution in [1.82, 2.24) is 20.1 Å². The smallest absolute Gasteiger partial charge is 0.263 e. The maximum absolute atomic E-state index is 12.7. The standard InChI is InChI=1S/C19H29N5O3S/c20-19-22-11-16(28-19)18(26)21-10-15-4-3-14(24(15)12-13-1-2-13)9-17(25)23-5-7-27-8-6-23/h11,13-15H,1-10,12H2,(H2,20,22)(H,21,26)/t14-,15+/m1/s1. The first-order valence-electron chi connectivity index (χ1n) is 10.2. The predicted molar refractivity (Wildman–Crippen MR) is 107 cm³/mol. The lowest BCUT2D eigenvalue weighted by atomic mass is 10.1. The number of nitrogen functional groups attached to an aromatic ring is 1. The van der Waals surface area contributed by atoms with Crippen LogP contribution in [-0.2, 0) is 9.53 Å². The summed E-state index contributed by atoms with van der Waals surface area (Å²) in [6.07, 6.45) is 6.67. The Bertz CT molecular complexity index is 701. The molecule has 1 aliphatic carbocycles. The second-order valence-corrected chi connectivity index (χ2v) is 9.06. The van der Waals surface area contributed by atoms with Gasteiger partial charge < -0.3 is 20.7 Å². The van der Waals surface area contributed by atoms with Crippen LogP contribution in [0.25, 0.3) is 0 Å². The lowest BCUT2D eigenvalue weighted by Crippen LogP contribution is -2.47. The van der Waals surface area contributed by atoms with Crippen LogP contribution in [-0.4, -0.2) is 78.1 Å². The third-order valence-electron chi connectivity index (χ3n) is 5.96. The number of thiazole rings is 1. The quantitative estimate of drug-likeness (QED) is 0.698. The Labute approximate surface area is 169 Å². The summed E-state index contributed by atoms with van der Waals surface area (Å²) in [5, 5.41) is 3.44. The maximum atomic E-state index is 12.7. The van der Waals surface area contributed by atoms with Gasteiger partial charge in [0, 0.05) is 44.7 Å². The molecule has 3 aliphatic rings. The first-order valence-corrected chi connectivity index (χ1v) is 11.0. The molecule has 0 bridgehead atoms. The van der Waals surface area contributed by atoms with Crippen molar-refractivity contribution >= 4 is 28.3 Å². The maximum Gasteiger partial charge on any atom is 0.263 e. The number of hydrogen-bond acceptors (Lipinski definition) is 7. The molecule has 1 aromatic heterocycles. The van der Waals surface area contributed by atoms with Crippen molar-refractivity contribution < 1.29 is 14.3 Å². The van der Waals surface area contributed by atoms with Crippen LogP contribution in [0.1, 0.15) is 41.8 Å². The molecule has 3 fully saturated rings. The second-order valence-electron chi connectivity index (χ2n) is 8.00. The number of carbonyl (C=O) groups is 2. The van der Waals surface area contributed by atoms with E-state index in [1.807, 2.05) is 4.90 Å². The summed E-state index contributed by atoms with van der Waals surface area (Å²) in [7, 11) is 0. The normalized spacial score (nSPS) is 25.8. The number of hydrogen-bond donors (Lipinski definition) is 2. The number of carbonyl (C=O) groups excluding carboxylic acids is 2. The van der Waals surface area contributed by atoms with Gasteiger partial charge in [0.25, 0.3) is 5.91 Å². The molecule has 9 heteroatoms. The van der Waals surface area contributed by atoms with E-state index in [0.29, 0.717) is 49.3 Å². The van der Waals surface area contributed by atoms with Crippen LogP contribution in [0.4, 0.5) is 5.13 Å². The molecule has 0 aromatic carbocycles. The SMILES string of the molecule is Nc1ncc(C(=O)NC[C@@H]2CC[C@H](CC(=O)N3CCOCC3)N2CC2CC2)s1. The van der Waals surface area contributed by atoms with Gasteiger partial charge in [-0.1, -0.05) is 11.3 Å². The number of amides is 2. The summed E-state index contributed by atoms with van der Waals surface area (Å²) in [6, 6.07) is 0.564. The van der Waals surface area contributed by atoms with Gasteiger partial charge in [-0.2, -0.15) is 0 Å². The highest BCUT2D eigenvalue weighted by molar-refractivity contribution is 7.17. The molecule has 0 unspecified atom stereocenters. The van der Waals surface area contributed by atoms with Crippen molar-refractivity contribution in [2.24, 2.45) is 5.92 Å². The number of nitrogens with two attached hydrogens (primary N) is 1. The van der Waals surface area contributed by atoms with Crippen molar-refractivity contribution in [2.45, 2.75) is 44.2 Å². The van der Waals surface area contributed by atoms with E-state index in [1.165, 1.54) is 30.4 Å². The van der Waals surface area contributed by atoms with Crippen LogP contribution in [0.15, 0.2) is 6.20 Å². The van der Waals surface area contributed by atoms with Crippen LogP contribution in [0.3, 0.4) is 0 Å². The van der Waals surface area contributed by atoms with Gasteiger partial charge in [-0.25, -0.2) is 4.98 Å². The van der Waals surface area contributed by atoms with E-state index in [4.69, 9.17) is 10.5 Å². The molecule has 2 atom stereocenters. The number of morpholine rings is 1. The molecule has 8 nitrogen and oxygen atoms in total. The van der Waals surface area contributed by atoms with Crippen LogP contribution >= 0.6 is 11.3 Å². The Morgan fingerprint density at radius 2 is 1.96 bits per heavy atom. The van der Waals surface area contributed by atoms with Crippen LogP contribution in [0, 0.1) is 5.92 Å². The van der Waals surface area contributed by atoms with Crippen molar-refractivity contribution in [3.8, 4) is 0 Å². The molecule has 2 saturated heterocycles. The minimum Gasteiger partial charge on any atom is -0.378 e. The molecular formula is C19H29N5O3S. The van der Waals surface area contributed by atoms with Crippen molar-refractivity contribution in [3.63, 3.8) is 0 Å². The second kappa shape index (κ2) is 8.75. The fraction of sp³-hybridized carbons (Fsp3) is 0.737. The van der Waals surface area contributed by atoms with Gasteiger partial charge in [0.15, 0.2) is 5.13 Å². The minimum atomic E-state index is -0.117. The largest absolute Gasteiger partial charge is 0.378 e. The summed E-state index contributed by atoms with van der Waals surface area (Å²) in [5.41, 5.74) is 5.62. The van der Waals surface area contributed by atoms with Gasteiger partial charge in [0.1, 0.15) is 4.88 Å². The van der Waals surface area contributed by atoms with E-state index in [9.17, 15) is 9.59 Å². The van der Waals surface area contributed by atoms with Gasteiger partial charge in [-0.3, -0.25) is 14.5 Å². The zero-order valence-corrected chi connectivity index (χ0v) is 17.0. The number of nitrogens with zero attached hydrogens (tertiary/aromatic N) is 3. The van der Waals surface area contributed by atoms with Crippen molar-refractivity contribution in [1.29, 1.82) is 0 Å². The Morgan fingerprint density at radius 3 is 2.64 bits per heavy atom. The van der Waals surface area contributed by atoms with Crippen molar-refractivity contribution in [2.75, 3.05) is 45.1 Å². The average molecular weight is 408 g/mol. The Morgan fingerprint density at radius 1 is 1.21 bits per heavy atom. The fourth-order valence-electron chi connectivity index (χ4n) is 4.18. The highest BCUT2D eigenvalue weighted by atomic mass is 32.1. The molecule has 4 rings (SSSR count). The third kappa shape index (κ3) is 4.82. The highest BCUT2D eigenvalue weighted by Gasteiger charge is 2.38. The molecule has 2 aliphatic heterocycles. The first-order chi connectivity index (χ1) is 13.6. The minimum absolute atomic E-state index is 0.117. The topological polar surface area (TPSA) is 101 Å². The van der Waals surface area contributed by atoms with Crippen LogP contribution < -0.4 is 11.1 Å². The van der Waals surface area contributed by atoms with Gasteiger partial charge in [0.2, 0.25) is 5.91 Å². The molecule has 3 N–H and O–H groups in total. The molecule has 1 aromatic rings. The average Bonchev–Trinajstić information content (AvgIpc) is 3.30. The molecular weight excluding hydrogens is 378 g/mol. The number of ether oxygens (including phenoxy) is 1. The Hall–Kier alpha value is -1.71. The van der Waals surface area contributed by atoms with E-state index in [1.54, 1.807) is 0 Å². The zero-order chi connectivity index (χ0) is 19.5. The number of anilines is 1. The molecule has 0 spiro atoms. The summed E-state index contributed by atoms with van der Waals surface area (Å²) in [6.45, 7) is 4.32. The van der Waals surface area contributed by atoms with Gasteiger partial charge in [-0.15, -0.1) is 0 Å². The van der Waals surface area contributed by atoms with Crippen LogP contribution in [0.2, 0.25) is 0 Å². The monoisotopic (exact) mass is 407 g/mol. The first kappa shape index (κ1) is 19.6. The molecule has 1 saturated carbocycles. The number of aromatic nitrogens is 1. The van der Waals surface area contributed by atoms with Gasteiger partial charge >= 0.3 is 0 Å². The molecule has 3 heterocycles. The summed E-state index contributed by atoms with van der Waals surface area (Å²) in [4.78, 5) is 34.0. The summed E-state index contributed by atoms with van der Waals surface area (Å²) < 4.78 is 5.36. The van der Waals surface area contributed by atoms with E-state index in [-0.39, 0.29) is 23.9 Å². The summed E-state index contributed by atoms with van der Waals surface area (Å²) >= 11 is 1.21. The van der Waals surface area contributed by atoms with E-state index < -0.39 is 0 Å². The van der Waals surface area contributed by atoms with Gasteiger partial charge in [-0.05, 0) is 31.6 Å². The molecule has 154 valence electrons. The predicted octanol–water partition coefficient (Wildman–Crippen LogP) is 0.947. The Kier molecular flexibility index (Phi) is 6.13. The highest BCUT2D eigenvalue weighted by Crippen LogP contribution is 2.35. The molecule has 28 heavy (non-hydrogen) atoms. The third-order valence-corrected chi connectivity index (χ3v) is 6.78. The lowest BCUT2D eigenvalue weighted by Gasteiger charge is -2.33. The number of rotatable bonds is 7. The van der Waals surface area contributed by atoms with E-state index >= 15 is 0 Å². The van der Waals surface area contributed by atoms with E-state index in [2.05, 4.69) is 15.2 Å². The van der Waals surface area contributed by atoms with Crippen molar-refractivity contribution in [3.05, 3.63) is 11.1 Å². The Balaban J connectivity index is 1.33. The van der Waals surface area contributed by atoms with Crippen LogP contribution in [0.5, 0.6) is 0 Å². The van der Waals surface area contributed by atoms with Gasteiger partial charge in [0.05, 0.1) is 19.4 Å². The number of nitrogens with one attached hydrogen (secondary N) is 1. The number of likely N-dealkylation sites (tertiary alicyclic amines) is 1. The fourth-order valence-corrected chi connectivity index (χ4v) is 4.78. The zero-order valence-electron chi connectivity index (χ0n) is 16.1. The molecule has 2 amide bonds. The molecule has 0 radical (unpaired) electrons. The lowest BCUT2D eigenvalue weighted by molar-refractivity contribution is -0.136. The summed E-state index contributed by atoms with van der Waals surface area (Å²) in [5.74, 6) is 0.867. The van der Waals surface area contributed by atoms with E-state index in [0.717, 1.165) is 25.3 Å².